The molecule has 3 aromatic rings. The first-order valence-corrected chi connectivity index (χ1v) is 9.48. The molecule has 1 saturated carbocycles. The summed E-state index contributed by atoms with van der Waals surface area (Å²) < 4.78 is 7.60. The second-order valence-electron chi connectivity index (χ2n) is 7.17. The number of amides is 1. The van der Waals surface area contributed by atoms with Crippen molar-refractivity contribution in [3.8, 4) is 17.1 Å². The van der Waals surface area contributed by atoms with Crippen LogP contribution in [0, 0.1) is 13.8 Å². The van der Waals surface area contributed by atoms with Crippen LogP contribution >= 0.6 is 0 Å². The third kappa shape index (κ3) is 4.19. The second kappa shape index (κ2) is 7.80. The Balaban J connectivity index is 1.30. The summed E-state index contributed by atoms with van der Waals surface area (Å²) in [5, 5.41) is 14.9. The van der Waals surface area contributed by atoms with E-state index in [1.165, 1.54) is 5.56 Å². The Labute approximate surface area is 163 Å². The molecule has 1 aromatic heterocycles. The average Bonchev–Trinajstić information content (AvgIpc) is 3.41. The molecule has 7 heteroatoms. The van der Waals surface area contributed by atoms with Gasteiger partial charge in [-0.25, -0.2) is 4.68 Å². The number of ether oxygens (including phenoxy) is 1. The van der Waals surface area contributed by atoms with Gasteiger partial charge in [-0.05, 0) is 73.0 Å². The van der Waals surface area contributed by atoms with Gasteiger partial charge in [-0.2, -0.15) is 0 Å². The van der Waals surface area contributed by atoms with Gasteiger partial charge in [-0.1, -0.05) is 17.7 Å². The lowest BCUT2D eigenvalue weighted by molar-refractivity contribution is -0.116. The monoisotopic (exact) mass is 377 g/mol. The Bertz CT molecular complexity index is 977. The molecule has 2 aromatic carbocycles. The molecule has 1 aliphatic rings. The number of aromatic nitrogens is 4. The molecule has 144 valence electrons. The standard InChI is InChI=1S/C21H23N5O2/c1-14-3-10-19(15(2)13-14)28-12-11-20(27)22-17-6-4-16(5-7-17)21-23-24-25-26(21)18-8-9-18/h3-7,10,13,18H,8-9,11-12H2,1-2H3,(H,22,27). The SMILES string of the molecule is Cc1ccc(OCCC(=O)Nc2ccc(-c3nnnn3C3CC3)cc2)c(C)c1. The summed E-state index contributed by atoms with van der Waals surface area (Å²) in [7, 11) is 0. The molecular weight excluding hydrogens is 354 g/mol. The van der Waals surface area contributed by atoms with E-state index >= 15 is 0 Å². The predicted molar refractivity (Wildman–Crippen MR) is 106 cm³/mol. The van der Waals surface area contributed by atoms with Crippen LogP contribution < -0.4 is 10.1 Å². The van der Waals surface area contributed by atoms with Crippen LogP contribution in [0.25, 0.3) is 11.4 Å². The normalized spacial score (nSPS) is 13.4. The van der Waals surface area contributed by atoms with Gasteiger partial charge < -0.3 is 10.1 Å². The molecule has 0 radical (unpaired) electrons. The second-order valence-corrected chi connectivity index (χ2v) is 7.17. The number of nitrogens with one attached hydrogen (secondary N) is 1. The van der Waals surface area contributed by atoms with Crippen molar-refractivity contribution in [2.24, 2.45) is 0 Å². The van der Waals surface area contributed by atoms with E-state index in [4.69, 9.17) is 4.74 Å². The third-order valence-corrected chi connectivity index (χ3v) is 4.73. The maximum Gasteiger partial charge on any atom is 0.227 e. The minimum absolute atomic E-state index is 0.0830. The minimum Gasteiger partial charge on any atom is -0.493 e. The molecule has 7 nitrogen and oxygen atoms in total. The molecule has 1 amide bonds. The third-order valence-electron chi connectivity index (χ3n) is 4.73. The Morgan fingerprint density at radius 1 is 1.18 bits per heavy atom. The molecule has 0 spiro atoms. The van der Waals surface area contributed by atoms with Crippen LogP contribution in [0.5, 0.6) is 5.75 Å². The van der Waals surface area contributed by atoms with Crippen molar-refractivity contribution in [3.63, 3.8) is 0 Å². The fourth-order valence-electron chi connectivity index (χ4n) is 3.09. The molecule has 0 aliphatic heterocycles. The Morgan fingerprint density at radius 3 is 2.68 bits per heavy atom. The Hall–Kier alpha value is -3.22. The molecule has 0 saturated heterocycles. The first-order valence-electron chi connectivity index (χ1n) is 9.48. The summed E-state index contributed by atoms with van der Waals surface area (Å²) in [6, 6.07) is 14.0. The Morgan fingerprint density at radius 2 is 1.96 bits per heavy atom. The maximum atomic E-state index is 12.2. The van der Waals surface area contributed by atoms with Crippen molar-refractivity contribution in [2.45, 2.75) is 39.2 Å². The maximum absolute atomic E-state index is 12.2. The fraction of sp³-hybridized carbons (Fsp3) is 0.333. The number of benzene rings is 2. The number of hydrogen-bond acceptors (Lipinski definition) is 5. The number of carbonyl (C=O) groups is 1. The van der Waals surface area contributed by atoms with Crippen LogP contribution in [0.15, 0.2) is 42.5 Å². The van der Waals surface area contributed by atoms with Gasteiger partial charge in [0.15, 0.2) is 5.82 Å². The quantitative estimate of drug-likeness (QED) is 0.679. The summed E-state index contributed by atoms with van der Waals surface area (Å²) in [5.41, 5.74) is 3.94. The van der Waals surface area contributed by atoms with Gasteiger partial charge in [-0.15, -0.1) is 5.10 Å². The van der Waals surface area contributed by atoms with Crippen LogP contribution in [0.1, 0.15) is 36.4 Å². The van der Waals surface area contributed by atoms with Gasteiger partial charge in [-0.3, -0.25) is 4.79 Å². The van der Waals surface area contributed by atoms with E-state index in [9.17, 15) is 4.79 Å². The van der Waals surface area contributed by atoms with Crippen molar-refractivity contribution in [2.75, 3.05) is 11.9 Å². The van der Waals surface area contributed by atoms with Crippen LogP contribution in [-0.4, -0.2) is 32.7 Å². The van der Waals surface area contributed by atoms with Crippen LogP contribution in [0.3, 0.4) is 0 Å². The van der Waals surface area contributed by atoms with Gasteiger partial charge in [0.05, 0.1) is 19.1 Å². The zero-order valence-corrected chi connectivity index (χ0v) is 16.1. The number of carbonyl (C=O) groups excluding carboxylic acids is 1. The van der Waals surface area contributed by atoms with E-state index in [2.05, 4.69) is 26.9 Å². The molecule has 0 atom stereocenters. The first kappa shape index (κ1) is 18.2. The number of aryl methyl sites for hydroxylation is 2. The van der Waals surface area contributed by atoms with Crippen molar-refractivity contribution in [3.05, 3.63) is 53.6 Å². The van der Waals surface area contributed by atoms with Crippen LogP contribution in [0.2, 0.25) is 0 Å². The smallest absolute Gasteiger partial charge is 0.227 e. The highest BCUT2D eigenvalue weighted by molar-refractivity contribution is 5.91. The van der Waals surface area contributed by atoms with Crippen molar-refractivity contribution in [1.29, 1.82) is 0 Å². The molecule has 0 unspecified atom stereocenters. The zero-order valence-electron chi connectivity index (χ0n) is 16.1. The van der Waals surface area contributed by atoms with E-state index in [-0.39, 0.29) is 12.3 Å². The molecule has 4 rings (SSSR count). The minimum atomic E-state index is -0.0830. The summed E-state index contributed by atoms with van der Waals surface area (Å²) in [6.45, 7) is 4.38. The molecular formula is C21H23N5O2. The molecule has 1 N–H and O–H groups in total. The van der Waals surface area contributed by atoms with Crippen molar-refractivity contribution in [1.82, 2.24) is 20.2 Å². The number of anilines is 1. The highest BCUT2D eigenvalue weighted by Crippen LogP contribution is 2.36. The molecule has 1 fully saturated rings. The van der Waals surface area contributed by atoms with Crippen LogP contribution in [-0.2, 0) is 4.79 Å². The summed E-state index contributed by atoms with van der Waals surface area (Å²) in [4.78, 5) is 12.2. The summed E-state index contributed by atoms with van der Waals surface area (Å²) in [5.74, 6) is 1.50. The molecule has 1 heterocycles. The van der Waals surface area contributed by atoms with Crippen LogP contribution in [0.4, 0.5) is 5.69 Å². The number of nitrogens with zero attached hydrogens (tertiary/aromatic N) is 4. The van der Waals surface area contributed by atoms with Gasteiger partial charge in [0.25, 0.3) is 0 Å². The molecule has 0 bridgehead atoms. The van der Waals surface area contributed by atoms with Gasteiger partial charge in [0, 0.05) is 11.3 Å². The average molecular weight is 377 g/mol. The fourth-order valence-corrected chi connectivity index (χ4v) is 3.09. The number of rotatable bonds is 7. The highest BCUT2D eigenvalue weighted by atomic mass is 16.5. The molecule has 28 heavy (non-hydrogen) atoms. The van der Waals surface area contributed by atoms with E-state index in [1.807, 2.05) is 54.9 Å². The van der Waals surface area contributed by atoms with Gasteiger partial charge in [0.1, 0.15) is 5.75 Å². The van der Waals surface area contributed by atoms with Gasteiger partial charge in [0.2, 0.25) is 5.91 Å². The zero-order chi connectivity index (χ0) is 19.5. The number of tetrazole rings is 1. The predicted octanol–water partition coefficient (Wildman–Crippen LogP) is 3.70. The lowest BCUT2D eigenvalue weighted by atomic mass is 10.1. The largest absolute Gasteiger partial charge is 0.493 e. The van der Waals surface area contributed by atoms with E-state index in [1.54, 1.807) is 0 Å². The summed E-state index contributed by atoms with van der Waals surface area (Å²) >= 11 is 0. The number of hydrogen-bond donors (Lipinski definition) is 1. The van der Waals surface area contributed by atoms with Crippen molar-refractivity contribution >= 4 is 11.6 Å². The van der Waals surface area contributed by atoms with E-state index in [0.29, 0.717) is 12.6 Å². The first-order chi connectivity index (χ1) is 13.6. The van der Waals surface area contributed by atoms with E-state index < -0.39 is 0 Å². The Kier molecular flexibility index (Phi) is 5.06. The lowest BCUT2D eigenvalue weighted by Crippen LogP contribution is -2.15. The molecule has 1 aliphatic carbocycles. The summed E-state index contributed by atoms with van der Waals surface area (Å²) in [6.07, 6.45) is 2.53. The highest BCUT2D eigenvalue weighted by Gasteiger charge is 2.28. The van der Waals surface area contributed by atoms with E-state index in [0.717, 1.165) is 41.2 Å². The topological polar surface area (TPSA) is 81.9 Å². The lowest BCUT2D eigenvalue weighted by Gasteiger charge is -2.10. The van der Waals surface area contributed by atoms with Gasteiger partial charge >= 0.3 is 0 Å². The van der Waals surface area contributed by atoms with Crippen molar-refractivity contribution < 1.29 is 9.53 Å².